The highest BCUT2D eigenvalue weighted by Gasteiger charge is 2.07. The van der Waals surface area contributed by atoms with Gasteiger partial charge in [-0.2, -0.15) is 0 Å². The summed E-state index contributed by atoms with van der Waals surface area (Å²) in [5, 5.41) is 1.79. The molecule has 0 bridgehead atoms. The van der Waals surface area contributed by atoms with Crippen LogP contribution in [-0.4, -0.2) is 6.61 Å². The van der Waals surface area contributed by atoms with Gasteiger partial charge in [-0.25, -0.2) is 8.78 Å². The van der Waals surface area contributed by atoms with Crippen LogP contribution in [0, 0.1) is 23.5 Å². The molecule has 0 radical (unpaired) electrons. The van der Waals surface area contributed by atoms with Gasteiger partial charge in [-0.1, -0.05) is 43.0 Å². The van der Waals surface area contributed by atoms with Gasteiger partial charge in [0.2, 0.25) is 0 Å². The third-order valence-electron chi connectivity index (χ3n) is 4.76. The highest BCUT2D eigenvalue weighted by molar-refractivity contribution is 5.84. The Hall–Kier alpha value is -3.64. The molecule has 0 saturated heterocycles. The fraction of sp³-hybridized carbons (Fsp3) is 0.111. The van der Waals surface area contributed by atoms with E-state index in [1.54, 1.807) is 18.2 Å². The third kappa shape index (κ3) is 4.50. The minimum Gasteiger partial charge on any atom is -0.494 e. The average Bonchev–Trinajstić information content (AvgIpc) is 2.77. The molecule has 148 valence electrons. The van der Waals surface area contributed by atoms with E-state index in [1.165, 1.54) is 18.2 Å². The van der Waals surface area contributed by atoms with Crippen molar-refractivity contribution in [2.45, 2.75) is 13.3 Å². The van der Waals surface area contributed by atoms with Crippen LogP contribution in [0.5, 0.6) is 5.75 Å². The summed E-state index contributed by atoms with van der Waals surface area (Å²) >= 11 is 0. The summed E-state index contributed by atoms with van der Waals surface area (Å²) in [4.78, 5) is 0. The van der Waals surface area contributed by atoms with E-state index in [0.717, 1.165) is 33.9 Å². The van der Waals surface area contributed by atoms with E-state index in [1.807, 2.05) is 49.4 Å². The van der Waals surface area contributed by atoms with Gasteiger partial charge in [-0.3, -0.25) is 0 Å². The number of fused-ring (bicyclic) bond motifs is 1. The first-order chi connectivity index (χ1) is 14.6. The van der Waals surface area contributed by atoms with Crippen molar-refractivity contribution in [2.24, 2.45) is 0 Å². The van der Waals surface area contributed by atoms with Gasteiger partial charge in [0.05, 0.1) is 6.61 Å². The molecule has 3 heteroatoms. The van der Waals surface area contributed by atoms with Crippen LogP contribution >= 0.6 is 0 Å². The normalized spacial score (nSPS) is 10.5. The molecule has 4 aromatic carbocycles. The fourth-order valence-electron chi connectivity index (χ4n) is 3.21. The third-order valence-corrected chi connectivity index (χ3v) is 4.76. The second-order valence-corrected chi connectivity index (χ2v) is 7.02. The summed E-state index contributed by atoms with van der Waals surface area (Å²) in [6, 6.07) is 22.8. The molecule has 0 N–H and O–H groups in total. The Kier molecular flexibility index (Phi) is 5.77. The predicted octanol–water partition coefficient (Wildman–Crippen LogP) is 6.97. The maximum atomic E-state index is 14.5. The van der Waals surface area contributed by atoms with Crippen LogP contribution in [0.15, 0.2) is 78.9 Å². The summed E-state index contributed by atoms with van der Waals surface area (Å²) in [7, 11) is 0. The summed E-state index contributed by atoms with van der Waals surface area (Å²) in [5.41, 5.74) is 3.00. The number of halogens is 2. The first kappa shape index (κ1) is 19.7. The van der Waals surface area contributed by atoms with Crippen molar-refractivity contribution in [1.82, 2.24) is 0 Å². The Morgan fingerprint density at radius 3 is 2.20 bits per heavy atom. The zero-order valence-electron chi connectivity index (χ0n) is 16.6. The molecule has 30 heavy (non-hydrogen) atoms. The molecule has 0 saturated carbocycles. The minimum absolute atomic E-state index is 0.249. The monoisotopic (exact) mass is 398 g/mol. The predicted molar refractivity (Wildman–Crippen MR) is 118 cm³/mol. The van der Waals surface area contributed by atoms with Crippen LogP contribution in [0.3, 0.4) is 0 Å². The van der Waals surface area contributed by atoms with Crippen LogP contribution < -0.4 is 4.74 Å². The van der Waals surface area contributed by atoms with E-state index in [2.05, 4.69) is 11.8 Å². The Morgan fingerprint density at radius 2 is 1.43 bits per heavy atom. The zero-order valence-corrected chi connectivity index (χ0v) is 16.6. The van der Waals surface area contributed by atoms with E-state index in [9.17, 15) is 8.78 Å². The summed E-state index contributed by atoms with van der Waals surface area (Å²) < 4.78 is 33.2. The summed E-state index contributed by atoms with van der Waals surface area (Å²) in [6.45, 7) is 2.58. The maximum absolute atomic E-state index is 14.5. The second-order valence-electron chi connectivity index (χ2n) is 7.02. The van der Waals surface area contributed by atoms with Gasteiger partial charge in [0, 0.05) is 22.8 Å². The molecule has 1 nitrogen and oxygen atoms in total. The zero-order chi connectivity index (χ0) is 20.9. The van der Waals surface area contributed by atoms with Crippen molar-refractivity contribution in [3.05, 3.63) is 102 Å². The van der Waals surface area contributed by atoms with Gasteiger partial charge < -0.3 is 4.74 Å². The smallest absolute Gasteiger partial charge is 0.134 e. The molecule has 0 fully saturated rings. The molecule has 0 aliphatic carbocycles. The topological polar surface area (TPSA) is 9.23 Å². The van der Waals surface area contributed by atoms with Crippen LogP contribution in [0.1, 0.15) is 24.5 Å². The van der Waals surface area contributed by atoms with Crippen LogP contribution in [-0.2, 0) is 0 Å². The van der Waals surface area contributed by atoms with Crippen molar-refractivity contribution < 1.29 is 13.5 Å². The lowest BCUT2D eigenvalue weighted by Gasteiger charge is -2.08. The maximum Gasteiger partial charge on any atom is 0.134 e. The van der Waals surface area contributed by atoms with E-state index < -0.39 is 0 Å². The Balaban J connectivity index is 1.53. The molecule has 0 unspecified atom stereocenters. The molecule has 0 atom stereocenters. The Morgan fingerprint density at radius 1 is 0.733 bits per heavy atom. The minimum atomic E-state index is -0.310. The van der Waals surface area contributed by atoms with E-state index in [0.29, 0.717) is 17.9 Å². The molecule has 0 spiro atoms. The average molecular weight is 398 g/mol. The lowest BCUT2D eigenvalue weighted by molar-refractivity contribution is 0.316. The van der Waals surface area contributed by atoms with Gasteiger partial charge in [-0.05, 0) is 71.3 Å². The van der Waals surface area contributed by atoms with Crippen LogP contribution in [0.4, 0.5) is 8.78 Å². The number of benzene rings is 4. The molecular weight excluding hydrogens is 378 g/mol. The highest BCUT2D eigenvalue weighted by atomic mass is 19.1. The quantitative estimate of drug-likeness (QED) is 0.337. The van der Waals surface area contributed by atoms with Crippen molar-refractivity contribution in [3.8, 4) is 28.7 Å². The SMILES string of the molecule is CCCOc1ccc(-c2ccc(C#Cc3ccc4cc(F)ccc4c3)cc2)c(F)c1. The van der Waals surface area contributed by atoms with E-state index in [-0.39, 0.29) is 11.6 Å². The van der Waals surface area contributed by atoms with Crippen molar-refractivity contribution in [1.29, 1.82) is 0 Å². The van der Waals surface area contributed by atoms with Gasteiger partial charge >= 0.3 is 0 Å². The molecule has 0 heterocycles. The van der Waals surface area contributed by atoms with Crippen LogP contribution in [0.25, 0.3) is 21.9 Å². The van der Waals surface area contributed by atoms with Crippen LogP contribution in [0.2, 0.25) is 0 Å². The number of rotatable bonds is 4. The molecule has 0 aliphatic heterocycles. The van der Waals surface area contributed by atoms with Crippen molar-refractivity contribution >= 4 is 10.8 Å². The van der Waals surface area contributed by atoms with Gasteiger partial charge in [0.1, 0.15) is 17.4 Å². The van der Waals surface area contributed by atoms with E-state index >= 15 is 0 Å². The van der Waals surface area contributed by atoms with E-state index in [4.69, 9.17) is 4.74 Å². The fourth-order valence-corrected chi connectivity index (χ4v) is 3.21. The number of ether oxygens (including phenoxy) is 1. The van der Waals surface area contributed by atoms with Crippen molar-refractivity contribution in [3.63, 3.8) is 0 Å². The molecule has 0 aromatic heterocycles. The standard InChI is InChI=1S/C27H20F2O/c1-2-15-30-25-13-14-26(27(29)18-25)21-8-5-19(6-9-21)3-4-20-7-10-23-17-24(28)12-11-22(23)16-20/h5-14,16-18H,2,15H2,1H3. The number of hydrogen-bond acceptors (Lipinski definition) is 1. The van der Waals surface area contributed by atoms with Gasteiger partial charge in [0.15, 0.2) is 0 Å². The largest absolute Gasteiger partial charge is 0.494 e. The lowest BCUT2D eigenvalue weighted by atomic mass is 10.0. The summed E-state index contributed by atoms with van der Waals surface area (Å²) in [6.07, 6.45) is 0.879. The second kappa shape index (κ2) is 8.80. The Labute approximate surface area is 174 Å². The van der Waals surface area contributed by atoms with Gasteiger partial charge in [-0.15, -0.1) is 0 Å². The lowest BCUT2D eigenvalue weighted by Crippen LogP contribution is -1.96. The molecule has 4 aromatic rings. The summed E-state index contributed by atoms with van der Waals surface area (Å²) in [5.74, 6) is 6.24. The molecule has 0 amide bonds. The molecular formula is C27H20F2O. The van der Waals surface area contributed by atoms with Gasteiger partial charge in [0.25, 0.3) is 0 Å². The van der Waals surface area contributed by atoms with Crippen molar-refractivity contribution in [2.75, 3.05) is 6.61 Å². The first-order valence-electron chi connectivity index (χ1n) is 9.86. The highest BCUT2D eigenvalue weighted by Crippen LogP contribution is 2.26. The molecule has 0 aliphatic rings. The number of hydrogen-bond donors (Lipinski definition) is 0. The first-order valence-corrected chi connectivity index (χ1v) is 9.86. The molecule has 4 rings (SSSR count). The Bertz CT molecular complexity index is 1250.